The van der Waals surface area contributed by atoms with Crippen LogP contribution in [0.4, 0.5) is 23.1 Å². The van der Waals surface area contributed by atoms with Crippen LogP contribution < -0.4 is 10.6 Å². The first-order valence-corrected chi connectivity index (χ1v) is 8.22. The lowest BCUT2D eigenvalue weighted by Crippen LogP contribution is -2.07. The Kier molecular flexibility index (Phi) is 5.41. The van der Waals surface area contributed by atoms with Crippen LogP contribution in [0.2, 0.25) is 0 Å². The summed E-state index contributed by atoms with van der Waals surface area (Å²) >= 11 is 0. The number of carbonyl (C=O) groups excluding carboxylic acids is 2. The molecule has 3 aromatic rings. The maximum atomic E-state index is 11.9. The highest BCUT2D eigenvalue weighted by Gasteiger charge is 2.12. The van der Waals surface area contributed by atoms with Gasteiger partial charge in [-0.1, -0.05) is 24.3 Å². The van der Waals surface area contributed by atoms with E-state index >= 15 is 0 Å². The van der Waals surface area contributed by atoms with E-state index in [2.05, 4.69) is 20.6 Å². The number of nitrogens with zero attached hydrogens (tertiary/aromatic N) is 2. The quantitative estimate of drug-likeness (QED) is 0.506. The van der Waals surface area contributed by atoms with Crippen LogP contribution in [-0.4, -0.2) is 28.8 Å². The third-order valence-corrected chi connectivity index (χ3v) is 3.78. The van der Waals surface area contributed by atoms with Crippen molar-refractivity contribution >= 4 is 34.9 Å². The first-order valence-electron chi connectivity index (χ1n) is 8.22. The number of methoxy groups -OCH3 is 1. The molecule has 0 saturated carbocycles. The summed E-state index contributed by atoms with van der Waals surface area (Å²) in [5, 5.41) is 6.17. The number of ether oxygens (including phenoxy) is 1. The van der Waals surface area contributed by atoms with Crippen molar-refractivity contribution in [2.75, 3.05) is 17.7 Å². The molecule has 0 amide bonds. The summed E-state index contributed by atoms with van der Waals surface area (Å²) in [6, 6.07) is 15.8. The predicted octanol–water partition coefficient (Wildman–Crippen LogP) is 3.95. The molecule has 0 aliphatic rings. The Morgan fingerprint density at radius 1 is 1.00 bits per heavy atom. The second-order valence-corrected chi connectivity index (χ2v) is 5.69. The maximum absolute atomic E-state index is 11.9. The van der Waals surface area contributed by atoms with Crippen molar-refractivity contribution < 1.29 is 14.3 Å². The average Bonchev–Trinajstić information content (AvgIpc) is 2.68. The van der Waals surface area contributed by atoms with Crippen LogP contribution in [0.15, 0.2) is 60.8 Å². The van der Waals surface area contributed by atoms with Gasteiger partial charge in [-0.05, 0) is 37.3 Å². The summed E-state index contributed by atoms with van der Waals surface area (Å²) in [5.74, 6) is 0.402. The summed E-state index contributed by atoms with van der Waals surface area (Å²) in [5.41, 5.74) is 2.28. The number of benzene rings is 2. The van der Waals surface area contributed by atoms with Crippen molar-refractivity contribution in [3.63, 3.8) is 0 Å². The Morgan fingerprint density at radius 2 is 1.81 bits per heavy atom. The first kappa shape index (κ1) is 18.1. The van der Waals surface area contributed by atoms with E-state index in [-0.39, 0.29) is 5.78 Å². The van der Waals surface area contributed by atoms with Gasteiger partial charge in [-0.3, -0.25) is 4.79 Å². The molecular formula is C20H18N4O3. The van der Waals surface area contributed by atoms with Crippen LogP contribution >= 0.6 is 0 Å². The fourth-order valence-corrected chi connectivity index (χ4v) is 2.45. The highest BCUT2D eigenvalue weighted by molar-refractivity contribution is 5.96. The number of Topliss-reactive ketones (excluding diaryl/α,β-unsaturated/α-hetero) is 1. The Labute approximate surface area is 156 Å². The van der Waals surface area contributed by atoms with Gasteiger partial charge >= 0.3 is 5.97 Å². The van der Waals surface area contributed by atoms with Crippen LogP contribution in [0.3, 0.4) is 0 Å². The zero-order valence-electron chi connectivity index (χ0n) is 14.9. The van der Waals surface area contributed by atoms with Crippen molar-refractivity contribution in [1.29, 1.82) is 0 Å². The maximum Gasteiger partial charge on any atom is 0.339 e. The number of anilines is 4. The Morgan fingerprint density at radius 3 is 2.59 bits per heavy atom. The minimum atomic E-state index is -0.451. The molecule has 1 heterocycles. The number of carbonyl (C=O) groups is 2. The number of esters is 1. The van der Waals surface area contributed by atoms with Gasteiger partial charge in [0.2, 0.25) is 5.95 Å². The number of rotatable bonds is 6. The molecule has 0 bridgehead atoms. The smallest absolute Gasteiger partial charge is 0.339 e. The molecule has 0 unspecified atom stereocenters. The van der Waals surface area contributed by atoms with Crippen molar-refractivity contribution in [3.05, 3.63) is 71.9 Å². The summed E-state index contributed by atoms with van der Waals surface area (Å²) in [4.78, 5) is 32.0. The van der Waals surface area contributed by atoms with Crippen LogP contribution in [-0.2, 0) is 4.74 Å². The largest absolute Gasteiger partial charge is 0.465 e. The summed E-state index contributed by atoms with van der Waals surface area (Å²) < 4.78 is 4.79. The second kappa shape index (κ2) is 8.09. The van der Waals surface area contributed by atoms with Crippen LogP contribution in [0.1, 0.15) is 27.6 Å². The van der Waals surface area contributed by atoms with Crippen molar-refractivity contribution in [3.8, 4) is 0 Å². The van der Waals surface area contributed by atoms with E-state index in [1.807, 2.05) is 6.07 Å². The van der Waals surface area contributed by atoms with Gasteiger partial charge in [0.1, 0.15) is 5.82 Å². The van der Waals surface area contributed by atoms with E-state index in [0.29, 0.717) is 28.6 Å². The molecule has 0 atom stereocenters. The molecule has 0 aliphatic carbocycles. The van der Waals surface area contributed by atoms with Gasteiger partial charge in [0.05, 0.1) is 18.4 Å². The van der Waals surface area contributed by atoms with Gasteiger partial charge < -0.3 is 15.4 Å². The minimum absolute atomic E-state index is 0.0110. The van der Waals surface area contributed by atoms with Crippen LogP contribution in [0.5, 0.6) is 0 Å². The summed E-state index contributed by atoms with van der Waals surface area (Å²) in [7, 11) is 1.33. The zero-order valence-corrected chi connectivity index (χ0v) is 14.9. The Bertz CT molecular complexity index is 988. The molecule has 0 radical (unpaired) electrons. The zero-order chi connectivity index (χ0) is 19.2. The number of ketones is 1. The molecular weight excluding hydrogens is 344 g/mol. The molecule has 2 aromatic carbocycles. The first-order chi connectivity index (χ1) is 13.1. The SMILES string of the molecule is COC(=O)c1ccccc1Nc1nccc(Nc2cccc(C(C)=O)c2)n1. The van der Waals surface area contributed by atoms with E-state index in [1.54, 1.807) is 54.7 Å². The molecule has 2 N–H and O–H groups in total. The van der Waals surface area contributed by atoms with Gasteiger partial charge in [-0.25, -0.2) is 9.78 Å². The summed E-state index contributed by atoms with van der Waals surface area (Å²) in [6.07, 6.45) is 1.59. The monoisotopic (exact) mass is 362 g/mol. The third kappa shape index (κ3) is 4.46. The van der Waals surface area contributed by atoms with Gasteiger partial charge in [0.15, 0.2) is 5.78 Å². The molecule has 0 aliphatic heterocycles. The van der Waals surface area contributed by atoms with E-state index in [1.165, 1.54) is 14.0 Å². The fraction of sp³-hybridized carbons (Fsp3) is 0.100. The minimum Gasteiger partial charge on any atom is -0.465 e. The fourth-order valence-electron chi connectivity index (χ4n) is 2.45. The number of para-hydroxylation sites is 1. The van der Waals surface area contributed by atoms with Gasteiger partial charge in [0, 0.05) is 17.4 Å². The van der Waals surface area contributed by atoms with E-state index in [9.17, 15) is 9.59 Å². The standard InChI is InChI=1S/C20H18N4O3/c1-13(25)14-6-5-7-15(12-14)22-18-10-11-21-20(24-18)23-17-9-4-3-8-16(17)19(26)27-2/h3-12H,1-2H3,(H2,21,22,23,24). The molecule has 3 rings (SSSR count). The lowest BCUT2D eigenvalue weighted by atomic mass is 10.1. The number of nitrogens with one attached hydrogen (secondary N) is 2. The van der Waals surface area contributed by atoms with Crippen molar-refractivity contribution in [1.82, 2.24) is 9.97 Å². The topological polar surface area (TPSA) is 93.2 Å². The molecule has 27 heavy (non-hydrogen) atoms. The van der Waals surface area contributed by atoms with E-state index in [0.717, 1.165) is 5.69 Å². The lowest BCUT2D eigenvalue weighted by Gasteiger charge is -2.11. The number of aromatic nitrogens is 2. The van der Waals surface area contributed by atoms with Crippen molar-refractivity contribution in [2.24, 2.45) is 0 Å². The Balaban J connectivity index is 1.82. The Hall–Kier alpha value is -3.74. The molecule has 7 heteroatoms. The highest BCUT2D eigenvalue weighted by atomic mass is 16.5. The molecule has 0 fully saturated rings. The van der Waals surface area contributed by atoms with E-state index in [4.69, 9.17) is 4.74 Å². The highest BCUT2D eigenvalue weighted by Crippen LogP contribution is 2.21. The van der Waals surface area contributed by atoms with Gasteiger partial charge in [0.25, 0.3) is 0 Å². The molecule has 0 spiro atoms. The van der Waals surface area contributed by atoms with Crippen LogP contribution in [0, 0.1) is 0 Å². The number of hydrogen-bond acceptors (Lipinski definition) is 7. The van der Waals surface area contributed by atoms with E-state index < -0.39 is 5.97 Å². The lowest BCUT2D eigenvalue weighted by molar-refractivity contribution is 0.0601. The average molecular weight is 362 g/mol. The van der Waals surface area contributed by atoms with Crippen molar-refractivity contribution in [2.45, 2.75) is 6.92 Å². The normalized spacial score (nSPS) is 10.1. The third-order valence-electron chi connectivity index (χ3n) is 3.78. The van der Waals surface area contributed by atoms with Crippen LogP contribution in [0.25, 0.3) is 0 Å². The second-order valence-electron chi connectivity index (χ2n) is 5.69. The molecule has 7 nitrogen and oxygen atoms in total. The molecule has 0 saturated heterocycles. The predicted molar refractivity (Wildman–Crippen MR) is 103 cm³/mol. The van der Waals surface area contributed by atoms with Gasteiger partial charge in [-0.2, -0.15) is 4.98 Å². The van der Waals surface area contributed by atoms with Gasteiger partial charge in [-0.15, -0.1) is 0 Å². The molecule has 136 valence electrons. The summed E-state index contributed by atoms with van der Waals surface area (Å²) in [6.45, 7) is 1.52. The molecule has 1 aromatic heterocycles. The number of hydrogen-bond donors (Lipinski definition) is 2.